The van der Waals surface area contributed by atoms with Crippen LogP contribution in [-0.2, 0) is 11.8 Å². The summed E-state index contributed by atoms with van der Waals surface area (Å²) >= 11 is 0. The molecule has 0 atom stereocenters. The number of amides is 1. The Morgan fingerprint density at radius 1 is 1.11 bits per heavy atom. The van der Waals surface area contributed by atoms with E-state index < -0.39 is 0 Å². The summed E-state index contributed by atoms with van der Waals surface area (Å²) in [4.78, 5) is 24.0. The van der Waals surface area contributed by atoms with E-state index in [0.717, 1.165) is 22.8 Å². The van der Waals surface area contributed by atoms with E-state index in [2.05, 4.69) is 10.4 Å². The normalized spacial score (nSPS) is 10.7. The Morgan fingerprint density at radius 3 is 2.44 bits per heavy atom. The topological polar surface area (TPSA) is 78.2 Å². The minimum atomic E-state index is -0.337. The van der Waals surface area contributed by atoms with E-state index in [1.807, 2.05) is 50.7 Å². The average molecular weight is 366 g/mol. The lowest BCUT2D eigenvalue weighted by atomic mass is 10.2. The number of hydrogen-bond acceptors (Lipinski definition) is 4. The Morgan fingerprint density at radius 2 is 1.81 bits per heavy atom. The molecule has 27 heavy (non-hydrogen) atoms. The summed E-state index contributed by atoms with van der Waals surface area (Å²) in [5.74, 6) is -0.186. The summed E-state index contributed by atoms with van der Waals surface area (Å²) in [7, 11) is 1.81. The average Bonchev–Trinajstić information content (AvgIpc) is 2.96. The van der Waals surface area contributed by atoms with Gasteiger partial charge in [0.2, 0.25) is 5.43 Å². The van der Waals surface area contributed by atoms with E-state index in [1.165, 1.54) is 6.07 Å². The van der Waals surface area contributed by atoms with Gasteiger partial charge in [-0.1, -0.05) is 0 Å². The second kappa shape index (κ2) is 7.49. The lowest BCUT2D eigenvalue weighted by Crippen LogP contribution is -2.22. The molecule has 0 unspecified atom stereocenters. The van der Waals surface area contributed by atoms with E-state index in [1.54, 1.807) is 22.9 Å². The number of benzene rings is 1. The van der Waals surface area contributed by atoms with Crippen LogP contribution in [0, 0.1) is 20.8 Å². The summed E-state index contributed by atoms with van der Waals surface area (Å²) in [6.45, 7) is 5.52. The molecule has 3 aromatic rings. The van der Waals surface area contributed by atoms with Gasteiger partial charge in [0.15, 0.2) is 12.4 Å². The number of ether oxygens (including phenoxy) is 1. The van der Waals surface area contributed by atoms with Crippen LogP contribution in [0.2, 0.25) is 0 Å². The standard InChI is InChI=1S/C20H22N4O3/c1-13-9-15(3)24(22-13)17-7-5-16(6-8-17)21-20(26)12-27-19-11-23(4)14(2)10-18(19)25/h5-11H,12H2,1-4H3,(H,21,26). The number of nitrogens with zero attached hydrogens (tertiary/aromatic N) is 3. The summed E-state index contributed by atoms with van der Waals surface area (Å²) in [5, 5.41) is 7.19. The van der Waals surface area contributed by atoms with Gasteiger partial charge in [0.05, 0.1) is 11.4 Å². The maximum Gasteiger partial charge on any atom is 0.262 e. The maximum atomic E-state index is 12.1. The quantitative estimate of drug-likeness (QED) is 0.753. The second-order valence-corrected chi connectivity index (χ2v) is 6.48. The lowest BCUT2D eigenvalue weighted by molar-refractivity contribution is -0.118. The van der Waals surface area contributed by atoms with Crippen LogP contribution < -0.4 is 15.5 Å². The highest BCUT2D eigenvalue weighted by Gasteiger charge is 2.08. The number of carbonyl (C=O) groups excluding carboxylic acids is 1. The van der Waals surface area contributed by atoms with Crippen molar-refractivity contribution in [3.8, 4) is 11.4 Å². The van der Waals surface area contributed by atoms with Crippen molar-refractivity contribution in [3.63, 3.8) is 0 Å². The van der Waals surface area contributed by atoms with Crippen LogP contribution in [0.1, 0.15) is 17.1 Å². The monoisotopic (exact) mass is 366 g/mol. The number of pyridine rings is 1. The molecule has 0 spiro atoms. The van der Waals surface area contributed by atoms with Crippen LogP contribution in [0.5, 0.6) is 5.75 Å². The van der Waals surface area contributed by atoms with Gasteiger partial charge in [0.1, 0.15) is 0 Å². The predicted octanol–water partition coefficient (Wildman–Crippen LogP) is 2.51. The van der Waals surface area contributed by atoms with Gasteiger partial charge in [0.25, 0.3) is 5.91 Å². The van der Waals surface area contributed by atoms with Crippen LogP contribution in [0.3, 0.4) is 0 Å². The number of aromatic nitrogens is 3. The van der Waals surface area contributed by atoms with Crippen LogP contribution in [0.4, 0.5) is 5.69 Å². The first-order valence-electron chi connectivity index (χ1n) is 8.57. The highest BCUT2D eigenvalue weighted by atomic mass is 16.5. The number of hydrogen-bond donors (Lipinski definition) is 1. The van der Waals surface area contributed by atoms with Gasteiger partial charge >= 0.3 is 0 Å². The Balaban J connectivity index is 1.62. The zero-order valence-electron chi connectivity index (χ0n) is 15.8. The van der Waals surface area contributed by atoms with E-state index in [4.69, 9.17) is 4.74 Å². The van der Waals surface area contributed by atoms with E-state index in [9.17, 15) is 9.59 Å². The molecule has 0 fully saturated rings. The third-order valence-electron chi connectivity index (χ3n) is 4.21. The van der Waals surface area contributed by atoms with Gasteiger partial charge in [-0.3, -0.25) is 9.59 Å². The van der Waals surface area contributed by atoms with Gasteiger partial charge in [-0.05, 0) is 51.1 Å². The van der Waals surface area contributed by atoms with E-state index in [0.29, 0.717) is 5.69 Å². The summed E-state index contributed by atoms with van der Waals surface area (Å²) in [6, 6.07) is 10.8. The molecule has 7 heteroatoms. The lowest BCUT2D eigenvalue weighted by Gasteiger charge is -2.10. The zero-order chi connectivity index (χ0) is 19.6. The fourth-order valence-corrected chi connectivity index (χ4v) is 2.73. The first-order chi connectivity index (χ1) is 12.8. The molecule has 2 aromatic heterocycles. The Bertz CT molecular complexity index is 1030. The molecule has 0 radical (unpaired) electrons. The Labute approximate surface area is 157 Å². The van der Waals surface area contributed by atoms with Crippen molar-refractivity contribution in [1.29, 1.82) is 0 Å². The first kappa shape index (κ1) is 18.4. The van der Waals surface area contributed by atoms with Gasteiger partial charge in [-0.25, -0.2) is 4.68 Å². The molecule has 0 saturated heterocycles. The van der Waals surface area contributed by atoms with Crippen molar-refractivity contribution in [1.82, 2.24) is 14.3 Å². The van der Waals surface area contributed by atoms with Crippen molar-refractivity contribution < 1.29 is 9.53 Å². The summed E-state index contributed by atoms with van der Waals surface area (Å²) in [5.41, 5.74) is 4.12. The molecule has 3 rings (SSSR count). The van der Waals surface area contributed by atoms with Gasteiger partial charge in [-0.15, -0.1) is 0 Å². The number of carbonyl (C=O) groups is 1. The van der Waals surface area contributed by atoms with Crippen LogP contribution >= 0.6 is 0 Å². The summed E-state index contributed by atoms with van der Waals surface area (Å²) in [6.07, 6.45) is 1.58. The molecule has 7 nitrogen and oxygen atoms in total. The van der Waals surface area contributed by atoms with Gasteiger partial charge in [0, 0.05) is 36.4 Å². The molecule has 0 bridgehead atoms. The van der Waals surface area contributed by atoms with Gasteiger partial charge < -0.3 is 14.6 Å². The number of rotatable bonds is 5. The van der Waals surface area contributed by atoms with Crippen molar-refractivity contribution in [3.05, 3.63) is 69.9 Å². The second-order valence-electron chi connectivity index (χ2n) is 6.48. The number of aryl methyl sites for hydroxylation is 4. The third kappa shape index (κ3) is 4.25. The Hall–Kier alpha value is -3.35. The smallest absolute Gasteiger partial charge is 0.262 e. The SMILES string of the molecule is Cc1cc(C)n(-c2ccc(NC(=O)COc3cn(C)c(C)cc3=O)cc2)n1. The maximum absolute atomic E-state index is 12.1. The number of anilines is 1. The number of nitrogens with one attached hydrogen (secondary N) is 1. The molecule has 0 aliphatic carbocycles. The van der Waals surface area contributed by atoms with Crippen molar-refractivity contribution in [2.75, 3.05) is 11.9 Å². The first-order valence-corrected chi connectivity index (χ1v) is 8.57. The van der Waals surface area contributed by atoms with Crippen LogP contribution in [-0.4, -0.2) is 26.9 Å². The largest absolute Gasteiger partial charge is 0.478 e. The minimum absolute atomic E-state index is 0.151. The highest BCUT2D eigenvalue weighted by Crippen LogP contribution is 2.15. The molecule has 0 aliphatic rings. The Kier molecular flexibility index (Phi) is 5.12. The highest BCUT2D eigenvalue weighted by molar-refractivity contribution is 5.91. The fourth-order valence-electron chi connectivity index (χ4n) is 2.73. The van der Waals surface area contributed by atoms with Gasteiger partial charge in [-0.2, -0.15) is 5.10 Å². The molecule has 140 valence electrons. The molecular formula is C20H22N4O3. The minimum Gasteiger partial charge on any atom is -0.478 e. The fraction of sp³-hybridized carbons (Fsp3) is 0.250. The van der Waals surface area contributed by atoms with Crippen molar-refractivity contribution in [2.45, 2.75) is 20.8 Å². The predicted molar refractivity (Wildman–Crippen MR) is 104 cm³/mol. The van der Waals surface area contributed by atoms with Crippen LogP contribution in [0.25, 0.3) is 5.69 Å². The molecule has 1 aromatic carbocycles. The molecular weight excluding hydrogens is 344 g/mol. The molecule has 1 N–H and O–H groups in total. The van der Waals surface area contributed by atoms with E-state index in [-0.39, 0.29) is 23.7 Å². The molecule has 0 saturated carbocycles. The summed E-state index contributed by atoms with van der Waals surface area (Å²) < 4.78 is 8.97. The van der Waals surface area contributed by atoms with Crippen molar-refractivity contribution >= 4 is 11.6 Å². The third-order valence-corrected chi connectivity index (χ3v) is 4.21. The molecule has 1 amide bonds. The van der Waals surface area contributed by atoms with E-state index >= 15 is 0 Å². The van der Waals surface area contributed by atoms with Crippen molar-refractivity contribution in [2.24, 2.45) is 7.05 Å². The molecule has 2 heterocycles. The molecule has 0 aliphatic heterocycles. The zero-order valence-corrected chi connectivity index (χ0v) is 15.8. The van der Waals surface area contributed by atoms with Crippen LogP contribution in [0.15, 0.2) is 47.4 Å².